The highest BCUT2D eigenvalue weighted by Gasteiger charge is 2.30. The number of alkyl halides is 3. The summed E-state index contributed by atoms with van der Waals surface area (Å²) in [6.45, 7) is 3.47. The van der Waals surface area contributed by atoms with E-state index in [1.165, 1.54) is 11.6 Å². The maximum absolute atomic E-state index is 13.2. The number of carbonyl (C=O) groups is 1. The number of para-hydroxylation sites is 1. The van der Waals surface area contributed by atoms with Gasteiger partial charge in [-0.15, -0.1) is 0 Å². The normalized spacial score (nSPS) is 14.9. The number of pyridine rings is 1. The summed E-state index contributed by atoms with van der Waals surface area (Å²) < 4.78 is 39.1. The number of anilines is 2. The Hall–Kier alpha value is -3.39. The second-order valence-electron chi connectivity index (χ2n) is 7.67. The van der Waals surface area contributed by atoms with Gasteiger partial charge in [-0.1, -0.05) is 18.2 Å². The van der Waals surface area contributed by atoms with E-state index in [9.17, 15) is 18.0 Å². The van der Waals surface area contributed by atoms with E-state index in [4.69, 9.17) is 0 Å². The Balaban J connectivity index is 1.43. The minimum Gasteiger partial charge on any atom is -0.355 e. The van der Waals surface area contributed by atoms with E-state index in [0.717, 1.165) is 31.8 Å². The molecule has 1 aromatic heterocycles. The number of nitrogens with zero attached hydrogens (tertiary/aromatic N) is 3. The van der Waals surface area contributed by atoms with Crippen molar-refractivity contribution in [2.75, 3.05) is 31.5 Å². The highest BCUT2D eigenvalue weighted by atomic mass is 19.4. The molecule has 0 saturated carbocycles. The summed E-state index contributed by atoms with van der Waals surface area (Å²) in [5.41, 5.74) is 1.64. The Bertz CT molecular complexity index is 1060. The third-order valence-corrected chi connectivity index (χ3v) is 5.44. The van der Waals surface area contributed by atoms with Crippen LogP contribution in [0, 0.1) is 0 Å². The van der Waals surface area contributed by atoms with Crippen molar-refractivity contribution in [2.24, 2.45) is 0 Å². The van der Waals surface area contributed by atoms with Crippen molar-refractivity contribution in [3.05, 3.63) is 89.7 Å². The first-order chi connectivity index (χ1) is 15.4. The molecule has 1 N–H and O–H groups in total. The van der Waals surface area contributed by atoms with E-state index in [1.54, 1.807) is 47.6 Å². The van der Waals surface area contributed by atoms with Crippen molar-refractivity contribution < 1.29 is 18.0 Å². The SMILES string of the molecule is O=C(c1ccccc1Nc1cccc(C(F)(F)F)c1)N1CCN(Cc2ccncc2)CC1. The molecule has 1 saturated heterocycles. The number of aromatic nitrogens is 1. The monoisotopic (exact) mass is 440 g/mol. The number of hydrogen-bond donors (Lipinski definition) is 1. The third kappa shape index (κ3) is 5.26. The first-order valence-electron chi connectivity index (χ1n) is 10.3. The molecule has 2 heterocycles. The van der Waals surface area contributed by atoms with E-state index >= 15 is 0 Å². The second-order valence-corrected chi connectivity index (χ2v) is 7.67. The lowest BCUT2D eigenvalue weighted by Gasteiger charge is -2.35. The molecule has 1 aliphatic rings. The molecule has 1 aliphatic heterocycles. The van der Waals surface area contributed by atoms with Gasteiger partial charge in [-0.05, 0) is 48.0 Å². The summed E-state index contributed by atoms with van der Waals surface area (Å²) in [5, 5.41) is 2.98. The smallest absolute Gasteiger partial charge is 0.355 e. The third-order valence-electron chi connectivity index (χ3n) is 5.44. The zero-order valence-corrected chi connectivity index (χ0v) is 17.3. The van der Waals surface area contributed by atoms with Gasteiger partial charge in [0.05, 0.1) is 16.8 Å². The number of piperazine rings is 1. The van der Waals surface area contributed by atoms with Gasteiger partial charge in [0.2, 0.25) is 0 Å². The molecule has 5 nitrogen and oxygen atoms in total. The molecule has 0 radical (unpaired) electrons. The molecule has 3 aromatic rings. The molecular formula is C24H23F3N4O. The zero-order chi connectivity index (χ0) is 22.6. The van der Waals surface area contributed by atoms with Gasteiger partial charge < -0.3 is 10.2 Å². The van der Waals surface area contributed by atoms with Crippen molar-refractivity contribution in [3.63, 3.8) is 0 Å². The van der Waals surface area contributed by atoms with E-state index in [2.05, 4.69) is 15.2 Å². The van der Waals surface area contributed by atoms with Gasteiger partial charge in [-0.3, -0.25) is 14.7 Å². The summed E-state index contributed by atoms with van der Waals surface area (Å²) >= 11 is 0. The van der Waals surface area contributed by atoms with Crippen LogP contribution in [-0.4, -0.2) is 46.9 Å². The number of hydrogen-bond acceptors (Lipinski definition) is 4. The van der Waals surface area contributed by atoms with Crippen LogP contribution in [0.1, 0.15) is 21.5 Å². The zero-order valence-electron chi connectivity index (χ0n) is 17.3. The lowest BCUT2D eigenvalue weighted by atomic mass is 10.1. The van der Waals surface area contributed by atoms with Crippen molar-refractivity contribution in [2.45, 2.75) is 12.7 Å². The fraction of sp³-hybridized carbons (Fsp3) is 0.250. The van der Waals surface area contributed by atoms with Gasteiger partial charge in [0.1, 0.15) is 0 Å². The maximum Gasteiger partial charge on any atom is 0.416 e. The molecule has 0 spiro atoms. The van der Waals surface area contributed by atoms with Gasteiger partial charge in [-0.2, -0.15) is 13.2 Å². The minimum absolute atomic E-state index is 0.136. The molecule has 2 aromatic carbocycles. The Morgan fingerprint density at radius 1 is 0.938 bits per heavy atom. The van der Waals surface area contributed by atoms with Crippen LogP contribution in [0.3, 0.4) is 0 Å². The van der Waals surface area contributed by atoms with Gasteiger partial charge in [-0.25, -0.2) is 0 Å². The number of nitrogens with one attached hydrogen (secondary N) is 1. The van der Waals surface area contributed by atoms with Crippen LogP contribution in [0.5, 0.6) is 0 Å². The standard InChI is InChI=1S/C24H23F3N4O/c25-24(26,27)19-4-3-5-20(16-19)29-22-7-2-1-6-21(22)23(32)31-14-12-30(13-15-31)17-18-8-10-28-11-9-18/h1-11,16,29H,12-15,17H2. The van der Waals surface area contributed by atoms with Crippen molar-refractivity contribution in [1.82, 2.24) is 14.8 Å². The molecule has 4 rings (SSSR count). The lowest BCUT2D eigenvalue weighted by Crippen LogP contribution is -2.48. The average molecular weight is 440 g/mol. The first-order valence-corrected chi connectivity index (χ1v) is 10.3. The summed E-state index contributed by atoms with van der Waals surface area (Å²) in [6, 6.07) is 15.8. The van der Waals surface area contributed by atoms with Crippen LogP contribution in [0.2, 0.25) is 0 Å². The molecular weight excluding hydrogens is 417 g/mol. The predicted octanol–water partition coefficient (Wildman–Crippen LogP) is 4.80. The maximum atomic E-state index is 13.2. The van der Waals surface area contributed by atoms with Crippen LogP contribution >= 0.6 is 0 Å². The Labute approximate surface area is 184 Å². The number of halogens is 3. The fourth-order valence-electron chi connectivity index (χ4n) is 3.73. The minimum atomic E-state index is -4.43. The van der Waals surface area contributed by atoms with Crippen LogP contribution in [0.4, 0.5) is 24.5 Å². The van der Waals surface area contributed by atoms with Crippen LogP contribution in [0.15, 0.2) is 73.1 Å². The predicted molar refractivity (Wildman–Crippen MR) is 117 cm³/mol. The number of benzene rings is 2. The first kappa shape index (κ1) is 21.8. The van der Waals surface area contributed by atoms with Crippen molar-refractivity contribution in [3.8, 4) is 0 Å². The molecule has 0 aliphatic carbocycles. The van der Waals surface area contributed by atoms with Crippen molar-refractivity contribution in [1.29, 1.82) is 0 Å². The van der Waals surface area contributed by atoms with Gasteiger partial charge in [0.15, 0.2) is 0 Å². The summed E-state index contributed by atoms with van der Waals surface area (Å²) in [5.74, 6) is -0.136. The summed E-state index contributed by atoms with van der Waals surface area (Å²) in [7, 11) is 0. The van der Waals surface area contributed by atoms with Gasteiger partial charge in [0.25, 0.3) is 5.91 Å². The topological polar surface area (TPSA) is 48.5 Å². The van der Waals surface area contributed by atoms with Crippen LogP contribution in [0.25, 0.3) is 0 Å². The average Bonchev–Trinajstić information content (AvgIpc) is 2.80. The molecule has 1 fully saturated rings. The molecule has 8 heteroatoms. The quantitative estimate of drug-likeness (QED) is 0.619. The van der Waals surface area contributed by atoms with Crippen molar-refractivity contribution >= 4 is 17.3 Å². The highest BCUT2D eigenvalue weighted by Crippen LogP contribution is 2.32. The molecule has 166 valence electrons. The summed E-state index contributed by atoms with van der Waals surface area (Å²) in [6.07, 6.45) is -0.893. The molecule has 0 bridgehead atoms. The molecule has 32 heavy (non-hydrogen) atoms. The largest absolute Gasteiger partial charge is 0.416 e. The van der Waals surface area contributed by atoms with E-state index in [1.807, 2.05) is 12.1 Å². The Kier molecular flexibility index (Phi) is 6.41. The second kappa shape index (κ2) is 9.40. The Morgan fingerprint density at radius 3 is 2.38 bits per heavy atom. The van der Waals surface area contributed by atoms with E-state index < -0.39 is 11.7 Å². The summed E-state index contributed by atoms with van der Waals surface area (Å²) in [4.78, 5) is 21.3. The number of amides is 1. The van der Waals surface area contributed by atoms with E-state index in [0.29, 0.717) is 24.3 Å². The lowest BCUT2D eigenvalue weighted by molar-refractivity contribution is -0.137. The van der Waals surface area contributed by atoms with Crippen LogP contribution < -0.4 is 5.32 Å². The van der Waals surface area contributed by atoms with E-state index in [-0.39, 0.29) is 11.6 Å². The molecule has 1 amide bonds. The molecule has 0 unspecified atom stereocenters. The number of carbonyl (C=O) groups excluding carboxylic acids is 1. The Morgan fingerprint density at radius 2 is 1.66 bits per heavy atom. The number of rotatable bonds is 5. The van der Waals surface area contributed by atoms with Gasteiger partial charge in [0, 0.05) is 50.8 Å². The fourth-order valence-corrected chi connectivity index (χ4v) is 3.73. The molecule has 0 atom stereocenters. The van der Waals surface area contributed by atoms with Gasteiger partial charge >= 0.3 is 6.18 Å². The van der Waals surface area contributed by atoms with Crippen LogP contribution in [-0.2, 0) is 12.7 Å². The highest BCUT2D eigenvalue weighted by molar-refractivity contribution is 6.00.